The number of hydrogen-bond acceptors (Lipinski definition) is 1. The lowest BCUT2D eigenvalue weighted by Gasteiger charge is -2.53. The van der Waals surface area contributed by atoms with Crippen LogP contribution in [0, 0.1) is 5.41 Å². The number of amides is 1. The van der Waals surface area contributed by atoms with E-state index in [0.29, 0.717) is 0 Å². The Morgan fingerprint density at radius 3 is 2.00 bits per heavy atom. The molecule has 0 aromatic heterocycles. The molecule has 96 valence electrons. The third-order valence-corrected chi connectivity index (χ3v) is 3.86. The molecule has 0 spiro atoms. The van der Waals surface area contributed by atoms with Gasteiger partial charge in [-0.05, 0) is 31.5 Å². The standard InChI is InChI=1S/C17H17NO/c1-17(2)15(13-9-5-3-6-10-13)18(16(17)19)14-11-7-4-8-12-14/h3-12,15H,1-2H3/t15-/m0/s1. The summed E-state index contributed by atoms with van der Waals surface area (Å²) >= 11 is 0. The van der Waals surface area contributed by atoms with E-state index in [2.05, 4.69) is 12.1 Å². The molecule has 2 nitrogen and oxygen atoms in total. The lowest BCUT2D eigenvalue weighted by Crippen LogP contribution is -2.61. The fourth-order valence-corrected chi connectivity index (χ4v) is 2.86. The predicted octanol–water partition coefficient (Wildman–Crippen LogP) is 3.80. The van der Waals surface area contributed by atoms with Crippen LogP contribution in [-0.4, -0.2) is 5.91 Å². The van der Waals surface area contributed by atoms with Crippen molar-refractivity contribution in [3.8, 4) is 0 Å². The van der Waals surface area contributed by atoms with Crippen LogP contribution < -0.4 is 4.90 Å². The molecule has 1 atom stereocenters. The zero-order valence-corrected chi connectivity index (χ0v) is 11.2. The maximum Gasteiger partial charge on any atom is 0.235 e. The van der Waals surface area contributed by atoms with Crippen molar-refractivity contribution in [1.29, 1.82) is 0 Å². The summed E-state index contributed by atoms with van der Waals surface area (Å²) in [5.41, 5.74) is 1.83. The van der Waals surface area contributed by atoms with E-state index in [9.17, 15) is 4.79 Å². The van der Waals surface area contributed by atoms with E-state index in [-0.39, 0.29) is 17.4 Å². The van der Waals surface area contributed by atoms with Gasteiger partial charge in [0.15, 0.2) is 0 Å². The molecule has 1 amide bonds. The molecule has 1 aliphatic rings. The van der Waals surface area contributed by atoms with Gasteiger partial charge >= 0.3 is 0 Å². The number of nitrogens with zero attached hydrogens (tertiary/aromatic N) is 1. The third-order valence-electron chi connectivity index (χ3n) is 3.86. The first-order valence-corrected chi connectivity index (χ1v) is 6.56. The van der Waals surface area contributed by atoms with Gasteiger partial charge in [-0.15, -0.1) is 0 Å². The van der Waals surface area contributed by atoms with Crippen molar-refractivity contribution in [3.63, 3.8) is 0 Å². The molecule has 2 heteroatoms. The van der Waals surface area contributed by atoms with Crippen LogP contribution in [-0.2, 0) is 4.79 Å². The fourth-order valence-electron chi connectivity index (χ4n) is 2.86. The van der Waals surface area contributed by atoms with Crippen LogP contribution in [0.4, 0.5) is 5.69 Å². The topological polar surface area (TPSA) is 20.3 Å². The van der Waals surface area contributed by atoms with Crippen LogP contribution >= 0.6 is 0 Å². The van der Waals surface area contributed by atoms with Gasteiger partial charge in [0.2, 0.25) is 5.91 Å². The third kappa shape index (κ3) is 1.75. The molecular weight excluding hydrogens is 234 g/mol. The number of β-lactam (4-membered cyclic amide) rings is 1. The Balaban J connectivity index is 2.03. The summed E-state index contributed by atoms with van der Waals surface area (Å²) in [6, 6.07) is 20.2. The molecule has 0 radical (unpaired) electrons. The number of anilines is 1. The predicted molar refractivity (Wildman–Crippen MR) is 76.9 cm³/mol. The van der Waals surface area contributed by atoms with Crippen molar-refractivity contribution in [3.05, 3.63) is 66.2 Å². The zero-order valence-electron chi connectivity index (χ0n) is 11.2. The Labute approximate surface area is 113 Å². The molecule has 1 aliphatic heterocycles. The number of para-hydroxylation sites is 1. The lowest BCUT2D eigenvalue weighted by atomic mass is 9.70. The summed E-state index contributed by atoms with van der Waals surface area (Å²) in [4.78, 5) is 14.3. The second-order valence-corrected chi connectivity index (χ2v) is 5.55. The molecule has 0 bridgehead atoms. The van der Waals surface area contributed by atoms with Crippen molar-refractivity contribution < 1.29 is 4.79 Å². The maximum absolute atomic E-state index is 12.4. The van der Waals surface area contributed by atoms with Crippen molar-refractivity contribution in [2.24, 2.45) is 5.41 Å². The highest BCUT2D eigenvalue weighted by Gasteiger charge is 2.55. The van der Waals surface area contributed by atoms with E-state index < -0.39 is 0 Å². The molecule has 2 aromatic rings. The van der Waals surface area contributed by atoms with Gasteiger partial charge in [0.1, 0.15) is 0 Å². The molecule has 1 fully saturated rings. The minimum absolute atomic E-state index is 0.114. The largest absolute Gasteiger partial charge is 0.303 e. The van der Waals surface area contributed by atoms with E-state index in [0.717, 1.165) is 5.69 Å². The van der Waals surface area contributed by atoms with Crippen molar-refractivity contribution >= 4 is 11.6 Å². The van der Waals surface area contributed by atoms with Crippen LogP contribution in [0.3, 0.4) is 0 Å². The summed E-state index contributed by atoms with van der Waals surface area (Å²) in [6.07, 6.45) is 0. The minimum Gasteiger partial charge on any atom is -0.303 e. The Morgan fingerprint density at radius 2 is 1.42 bits per heavy atom. The number of hydrogen-bond donors (Lipinski definition) is 0. The van der Waals surface area contributed by atoms with Crippen molar-refractivity contribution in [1.82, 2.24) is 0 Å². The summed E-state index contributed by atoms with van der Waals surface area (Å²) in [6.45, 7) is 4.04. The molecule has 2 aromatic carbocycles. The normalized spacial score (nSPS) is 21.1. The van der Waals surface area contributed by atoms with Gasteiger partial charge in [0, 0.05) is 5.69 Å². The first-order chi connectivity index (χ1) is 9.12. The monoisotopic (exact) mass is 251 g/mol. The van der Waals surface area contributed by atoms with Gasteiger partial charge in [-0.3, -0.25) is 4.79 Å². The molecule has 1 heterocycles. The molecule has 3 rings (SSSR count). The van der Waals surface area contributed by atoms with Gasteiger partial charge < -0.3 is 4.90 Å². The molecule has 0 unspecified atom stereocenters. The molecule has 0 saturated carbocycles. The molecule has 19 heavy (non-hydrogen) atoms. The molecule has 1 saturated heterocycles. The second kappa shape index (κ2) is 4.23. The van der Waals surface area contributed by atoms with E-state index in [1.165, 1.54) is 5.56 Å². The highest BCUT2D eigenvalue weighted by atomic mass is 16.2. The van der Waals surface area contributed by atoms with Crippen molar-refractivity contribution in [2.75, 3.05) is 4.90 Å². The zero-order chi connectivity index (χ0) is 13.5. The molecule has 0 aliphatic carbocycles. The maximum atomic E-state index is 12.4. The average molecular weight is 251 g/mol. The van der Waals surface area contributed by atoms with Gasteiger partial charge in [-0.2, -0.15) is 0 Å². The van der Waals surface area contributed by atoms with Crippen LogP contribution in [0.15, 0.2) is 60.7 Å². The minimum atomic E-state index is -0.336. The summed E-state index contributed by atoms with van der Waals surface area (Å²) in [5, 5.41) is 0. The number of carbonyl (C=O) groups is 1. The Kier molecular flexibility index (Phi) is 2.67. The van der Waals surface area contributed by atoms with Crippen LogP contribution in [0.2, 0.25) is 0 Å². The number of benzene rings is 2. The van der Waals surface area contributed by atoms with E-state index in [1.807, 2.05) is 67.3 Å². The Hall–Kier alpha value is -2.09. The Morgan fingerprint density at radius 1 is 0.895 bits per heavy atom. The number of rotatable bonds is 2. The summed E-state index contributed by atoms with van der Waals surface area (Å²) in [5.74, 6) is 0.188. The quantitative estimate of drug-likeness (QED) is 0.743. The first-order valence-electron chi connectivity index (χ1n) is 6.56. The van der Waals surface area contributed by atoms with E-state index in [1.54, 1.807) is 0 Å². The fraction of sp³-hybridized carbons (Fsp3) is 0.235. The average Bonchev–Trinajstić information content (AvgIpc) is 2.45. The van der Waals surface area contributed by atoms with E-state index in [4.69, 9.17) is 0 Å². The van der Waals surface area contributed by atoms with E-state index >= 15 is 0 Å². The van der Waals surface area contributed by atoms with Crippen LogP contribution in [0.1, 0.15) is 25.5 Å². The van der Waals surface area contributed by atoms with Crippen LogP contribution in [0.5, 0.6) is 0 Å². The molecular formula is C17H17NO. The SMILES string of the molecule is CC1(C)C(=O)N(c2ccccc2)[C@H]1c1ccccc1. The van der Waals surface area contributed by atoms with Gasteiger partial charge in [-0.25, -0.2) is 0 Å². The highest BCUT2D eigenvalue weighted by Crippen LogP contribution is 2.51. The summed E-state index contributed by atoms with van der Waals surface area (Å²) in [7, 11) is 0. The Bertz CT molecular complexity index is 589. The van der Waals surface area contributed by atoms with Gasteiger partial charge in [0.25, 0.3) is 0 Å². The first kappa shape index (κ1) is 12.0. The van der Waals surface area contributed by atoms with Gasteiger partial charge in [0.05, 0.1) is 11.5 Å². The van der Waals surface area contributed by atoms with Crippen molar-refractivity contribution in [2.45, 2.75) is 19.9 Å². The highest BCUT2D eigenvalue weighted by molar-refractivity contribution is 6.05. The smallest absolute Gasteiger partial charge is 0.235 e. The lowest BCUT2D eigenvalue weighted by molar-refractivity contribution is -0.137. The summed E-state index contributed by atoms with van der Waals surface area (Å²) < 4.78 is 0. The van der Waals surface area contributed by atoms with Gasteiger partial charge in [-0.1, -0.05) is 48.5 Å². The molecule has 0 N–H and O–H groups in total. The number of carbonyl (C=O) groups excluding carboxylic acids is 1. The second-order valence-electron chi connectivity index (χ2n) is 5.55. The van der Waals surface area contributed by atoms with Crippen LogP contribution in [0.25, 0.3) is 0 Å².